The van der Waals surface area contributed by atoms with Gasteiger partial charge in [0.2, 0.25) is 5.78 Å². The van der Waals surface area contributed by atoms with E-state index in [4.69, 9.17) is 0 Å². The van der Waals surface area contributed by atoms with Crippen molar-refractivity contribution >= 4 is 28.7 Å². The number of hydrogen-bond donors (Lipinski definition) is 4. The molecule has 0 radical (unpaired) electrons. The van der Waals surface area contributed by atoms with Crippen LogP contribution in [0.1, 0.15) is 71.1 Å². The number of rotatable bonds is 4. The zero-order valence-electron chi connectivity index (χ0n) is 23.8. The van der Waals surface area contributed by atoms with E-state index in [2.05, 4.69) is 0 Å². The fourth-order valence-corrected chi connectivity index (χ4v) is 8.08. The lowest BCUT2D eigenvalue weighted by Crippen LogP contribution is -2.69. The third-order valence-corrected chi connectivity index (χ3v) is 9.51. The van der Waals surface area contributed by atoms with E-state index in [1.54, 1.807) is 20.8 Å². The Morgan fingerprint density at radius 2 is 1.77 bits per heavy atom. The first-order chi connectivity index (χ1) is 18.6. The number of hydrogen-bond acceptors (Lipinski definition) is 7. The molecule has 1 saturated carbocycles. The maximum atomic E-state index is 14.4. The van der Waals surface area contributed by atoms with Gasteiger partial charge in [-0.1, -0.05) is 58.1 Å². The molecule has 0 aliphatic heterocycles. The van der Waals surface area contributed by atoms with Gasteiger partial charge >= 0.3 is 0 Å². The molecule has 4 aliphatic carbocycles. The number of carbonyl (C=O) groups is 3. The van der Waals surface area contributed by atoms with Crippen molar-refractivity contribution < 1.29 is 34.8 Å². The Bertz CT molecular complexity index is 1550. The summed E-state index contributed by atoms with van der Waals surface area (Å²) in [4.78, 5) is 40.5. The molecule has 1 unspecified atom stereocenters. The highest BCUT2D eigenvalue weighted by molar-refractivity contribution is 6.24. The predicted octanol–water partition coefficient (Wildman–Crippen LogP) is 5.48. The van der Waals surface area contributed by atoms with Crippen molar-refractivity contribution in [2.24, 2.45) is 22.7 Å². The van der Waals surface area contributed by atoms with E-state index >= 15 is 0 Å². The Morgan fingerprint density at radius 1 is 1.10 bits per heavy atom. The van der Waals surface area contributed by atoms with Crippen molar-refractivity contribution in [2.45, 2.75) is 66.4 Å². The maximum absolute atomic E-state index is 14.4. The predicted molar refractivity (Wildman–Crippen MR) is 151 cm³/mol. The Morgan fingerprint density at radius 3 is 2.38 bits per heavy atom. The second-order valence-corrected chi connectivity index (χ2v) is 12.6. The Kier molecular flexibility index (Phi) is 6.19. The van der Waals surface area contributed by atoms with Crippen LogP contribution in [0.3, 0.4) is 0 Å². The van der Waals surface area contributed by atoms with Crippen LogP contribution in [0.25, 0.3) is 11.3 Å². The molecule has 4 aliphatic rings. The van der Waals surface area contributed by atoms with E-state index < -0.39 is 56.8 Å². The highest BCUT2D eigenvalue weighted by Crippen LogP contribution is 2.65. The van der Waals surface area contributed by atoms with Crippen LogP contribution < -0.4 is 0 Å². The number of aliphatic hydroxyl groups excluding tert-OH is 2. The monoisotopic (exact) mass is 544 g/mol. The third kappa shape index (κ3) is 3.43. The lowest BCUT2D eigenvalue weighted by atomic mass is 9.43. The largest absolute Gasteiger partial charge is 0.508 e. The first kappa shape index (κ1) is 27.8. The first-order valence-electron chi connectivity index (χ1n) is 13.7. The van der Waals surface area contributed by atoms with Crippen LogP contribution in [0.5, 0.6) is 5.75 Å². The van der Waals surface area contributed by atoms with Crippen LogP contribution in [0.4, 0.5) is 0 Å². The summed E-state index contributed by atoms with van der Waals surface area (Å²) in [6.45, 7) is 10.1. The summed E-state index contributed by atoms with van der Waals surface area (Å²) < 4.78 is 0. The minimum Gasteiger partial charge on any atom is -0.508 e. The molecular formula is C33H36O7. The molecule has 4 N–H and O–H groups in total. The van der Waals surface area contributed by atoms with Crippen molar-refractivity contribution in [3.05, 3.63) is 75.6 Å². The van der Waals surface area contributed by atoms with Crippen molar-refractivity contribution in [1.29, 1.82) is 0 Å². The van der Waals surface area contributed by atoms with Crippen LogP contribution in [-0.2, 0) is 20.8 Å². The van der Waals surface area contributed by atoms with E-state index in [-0.39, 0.29) is 35.6 Å². The highest BCUT2D eigenvalue weighted by atomic mass is 16.3. The van der Waals surface area contributed by atoms with Crippen molar-refractivity contribution in [3.8, 4) is 5.75 Å². The van der Waals surface area contributed by atoms with Gasteiger partial charge in [0.05, 0.1) is 5.56 Å². The van der Waals surface area contributed by atoms with E-state index in [0.29, 0.717) is 12.0 Å². The smallest absolute Gasteiger partial charge is 0.203 e. The molecule has 40 heavy (non-hydrogen) atoms. The molecule has 1 aromatic carbocycles. The molecular weight excluding hydrogens is 508 g/mol. The number of aliphatic hydroxyl groups is 3. The number of carbonyl (C=O) groups excluding carboxylic acids is 3. The first-order valence-corrected chi connectivity index (χ1v) is 13.7. The van der Waals surface area contributed by atoms with Gasteiger partial charge in [-0.3, -0.25) is 14.4 Å². The molecule has 0 spiro atoms. The van der Waals surface area contributed by atoms with Gasteiger partial charge in [0.1, 0.15) is 22.8 Å². The van der Waals surface area contributed by atoms with Crippen LogP contribution in [0, 0.1) is 22.7 Å². The zero-order valence-corrected chi connectivity index (χ0v) is 23.8. The molecule has 0 heterocycles. The van der Waals surface area contributed by atoms with Gasteiger partial charge in [-0.25, -0.2) is 0 Å². The molecule has 5 rings (SSSR count). The van der Waals surface area contributed by atoms with Gasteiger partial charge in [0, 0.05) is 22.3 Å². The summed E-state index contributed by atoms with van der Waals surface area (Å²) in [7, 11) is 0. The van der Waals surface area contributed by atoms with Gasteiger partial charge in [-0.05, 0) is 67.4 Å². The average Bonchev–Trinajstić information content (AvgIpc) is 3.29. The molecule has 0 amide bonds. The second-order valence-electron chi connectivity index (χ2n) is 12.6. The number of ketones is 3. The molecule has 7 nitrogen and oxygen atoms in total. The van der Waals surface area contributed by atoms with E-state index in [9.17, 15) is 34.8 Å². The number of Topliss-reactive ketones (excluding diaryl/α,β-unsaturated/α-hetero) is 3. The summed E-state index contributed by atoms with van der Waals surface area (Å²) in [6.07, 6.45) is 9.01. The molecule has 7 heteroatoms. The SMILES string of the molecule is C/C=C/C1=CC=C(c2ccc(O)c3c2C[C@]2(C)C[C@]4(C)C(C(C)C)C(=O)C(C(C)=O)=C(O)[C@]4(O)C(=O)C2=C3O)C1. The lowest BCUT2D eigenvalue weighted by molar-refractivity contribution is -0.178. The fourth-order valence-electron chi connectivity index (χ4n) is 8.08. The van der Waals surface area contributed by atoms with Gasteiger partial charge < -0.3 is 20.4 Å². The summed E-state index contributed by atoms with van der Waals surface area (Å²) in [5.41, 5.74) is -2.05. The summed E-state index contributed by atoms with van der Waals surface area (Å²) >= 11 is 0. The minimum absolute atomic E-state index is 0.0706. The van der Waals surface area contributed by atoms with E-state index in [1.807, 2.05) is 44.2 Å². The third-order valence-electron chi connectivity index (χ3n) is 9.51. The molecule has 1 fully saturated rings. The fraction of sp³-hybridized carbons (Fsp3) is 0.424. The molecule has 1 aromatic rings. The van der Waals surface area contributed by atoms with Gasteiger partial charge in [0.15, 0.2) is 17.2 Å². The zero-order chi connectivity index (χ0) is 29.5. The lowest BCUT2D eigenvalue weighted by Gasteiger charge is -2.59. The Balaban J connectivity index is 1.76. The summed E-state index contributed by atoms with van der Waals surface area (Å²) in [5, 5.41) is 46.0. The molecule has 210 valence electrons. The molecule has 0 saturated heterocycles. The Labute approximate surface area is 233 Å². The van der Waals surface area contributed by atoms with E-state index in [0.717, 1.165) is 23.6 Å². The number of benzene rings is 1. The van der Waals surface area contributed by atoms with Gasteiger partial charge in [-0.15, -0.1) is 0 Å². The maximum Gasteiger partial charge on any atom is 0.203 e. The summed E-state index contributed by atoms with van der Waals surface area (Å²) in [6, 6.07) is 3.29. The number of phenols is 1. The highest BCUT2D eigenvalue weighted by Gasteiger charge is 2.72. The molecule has 0 bridgehead atoms. The Hall–Kier alpha value is -3.71. The number of phenolic OH excluding ortho intramolecular Hbond substituents is 1. The van der Waals surface area contributed by atoms with Crippen molar-refractivity contribution in [3.63, 3.8) is 0 Å². The molecule has 4 atom stereocenters. The van der Waals surface area contributed by atoms with Gasteiger partial charge in [0.25, 0.3) is 0 Å². The number of aromatic hydroxyl groups is 1. The standard InChI is InChI=1S/C33H36O7/c1-7-8-18-9-10-19(13-18)20-11-12-22(35)24-21(20)14-31(5)15-32(6)25(16(2)3)27(36)23(17(4)34)29(38)33(32,40)30(39)26(31)28(24)37/h7-12,16,25,35,37-38,40H,13-15H2,1-6H3/b8-7+/t25?,31-,32-,33+/m1/s1. The quantitative estimate of drug-likeness (QED) is 0.369. The normalized spacial score (nSPS) is 31.9. The average molecular weight is 545 g/mol. The second kappa shape index (κ2) is 8.90. The van der Waals surface area contributed by atoms with E-state index in [1.165, 1.54) is 6.07 Å². The van der Waals surface area contributed by atoms with Crippen molar-refractivity contribution in [2.75, 3.05) is 0 Å². The van der Waals surface area contributed by atoms with Gasteiger partial charge in [-0.2, -0.15) is 0 Å². The van der Waals surface area contributed by atoms with Crippen LogP contribution in [-0.4, -0.2) is 43.4 Å². The van der Waals surface area contributed by atoms with Crippen LogP contribution in [0.2, 0.25) is 0 Å². The minimum atomic E-state index is -2.61. The topological polar surface area (TPSA) is 132 Å². The summed E-state index contributed by atoms with van der Waals surface area (Å²) in [5.74, 6) is -5.21. The number of allylic oxidation sites excluding steroid dienone is 7. The van der Waals surface area contributed by atoms with Crippen LogP contribution in [0.15, 0.2) is 58.9 Å². The number of fused-ring (bicyclic) bond motifs is 3. The van der Waals surface area contributed by atoms with Crippen molar-refractivity contribution in [1.82, 2.24) is 0 Å². The van der Waals surface area contributed by atoms with Crippen LogP contribution >= 0.6 is 0 Å². The molecule has 0 aromatic heterocycles.